The quantitative estimate of drug-likeness (QED) is 0.773. The van der Waals surface area contributed by atoms with Crippen molar-refractivity contribution < 1.29 is 23.1 Å². The standard InChI is InChI=1S/C17H10F3NO3/c18-12-2-1-3-13(19)9(12)4-8-5-10-15(14(20)6-8)21-7-11(16(10)22)17(23)24/h1-3,5-7H,4H2,(H,21,22)(H,23,24). The van der Waals surface area contributed by atoms with Crippen molar-refractivity contribution in [2.24, 2.45) is 0 Å². The molecule has 0 spiro atoms. The number of halogens is 3. The third-order valence-electron chi connectivity index (χ3n) is 3.67. The fourth-order valence-corrected chi connectivity index (χ4v) is 2.51. The molecule has 3 aromatic rings. The highest BCUT2D eigenvalue weighted by molar-refractivity contribution is 5.92. The van der Waals surface area contributed by atoms with Gasteiger partial charge in [-0.25, -0.2) is 18.0 Å². The molecule has 0 fully saturated rings. The SMILES string of the molecule is O=C(O)c1c[nH]c2c(F)cc(Cc3c(F)cccc3F)cc2c1=O. The second kappa shape index (κ2) is 5.84. The normalized spacial score (nSPS) is 11.0. The van der Waals surface area contributed by atoms with E-state index in [0.717, 1.165) is 24.4 Å². The molecule has 0 saturated carbocycles. The van der Waals surface area contributed by atoms with E-state index >= 15 is 0 Å². The molecule has 0 unspecified atom stereocenters. The number of carbonyl (C=O) groups is 1. The minimum absolute atomic E-state index is 0.150. The Morgan fingerprint density at radius 2 is 1.75 bits per heavy atom. The Morgan fingerprint density at radius 1 is 1.08 bits per heavy atom. The average molecular weight is 333 g/mol. The number of benzene rings is 2. The van der Waals surface area contributed by atoms with Crippen LogP contribution in [0.5, 0.6) is 0 Å². The van der Waals surface area contributed by atoms with Gasteiger partial charge in [0.2, 0.25) is 5.43 Å². The van der Waals surface area contributed by atoms with Gasteiger partial charge in [0.1, 0.15) is 23.0 Å². The summed E-state index contributed by atoms with van der Waals surface area (Å²) in [6, 6.07) is 5.63. The molecule has 0 amide bonds. The molecule has 122 valence electrons. The topological polar surface area (TPSA) is 70.2 Å². The van der Waals surface area contributed by atoms with Crippen LogP contribution in [0.2, 0.25) is 0 Å². The summed E-state index contributed by atoms with van der Waals surface area (Å²) in [7, 11) is 0. The van der Waals surface area contributed by atoms with Crippen LogP contribution in [0.1, 0.15) is 21.5 Å². The number of hydrogen-bond acceptors (Lipinski definition) is 2. The maximum absolute atomic E-state index is 14.2. The van der Waals surface area contributed by atoms with Crippen LogP contribution < -0.4 is 5.43 Å². The minimum Gasteiger partial charge on any atom is -0.477 e. The molecule has 1 heterocycles. The Kier molecular flexibility index (Phi) is 3.84. The minimum atomic E-state index is -1.45. The first kappa shape index (κ1) is 15.8. The van der Waals surface area contributed by atoms with Gasteiger partial charge in [0.25, 0.3) is 0 Å². The van der Waals surface area contributed by atoms with E-state index in [-0.39, 0.29) is 28.5 Å². The van der Waals surface area contributed by atoms with Crippen LogP contribution in [0.3, 0.4) is 0 Å². The van der Waals surface area contributed by atoms with E-state index in [9.17, 15) is 22.8 Å². The van der Waals surface area contributed by atoms with Crippen LogP contribution in [-0.2, 0) is 6.42 Å². The van der Waals surface area contributed by atoms with Gasteiger partial charge >= 0.3 is 5.97 Å². The molecule has 0 aliphatic carbocycles. The number of H-pyrrole nitrogens is 1. The Morgan fingerprint density at radius 3 is 2.38 bits per heavy atom. The van der Waals surface area contributed by atoms with Crippen molar-refractivity contribution in [3.05, 3.63) is 80.9 Å². The summed E-state index contributed by atoms with van der Waals surface area (Å²) in [4.78, 5) is 25.6. The monoisotopic (exact) mass is 333 g/mol. The Bertz CT molecular complexity index is 1010. The van der Waals surface area contributed by atoms with Gasteiger partial charge in [-0.05, 0) is 29.8 Å². The van der Waals surface area contributed by atoms with Crippen LogP contribution in [0.4, 0.5) is 13.2 Å². The van der Waals surface area contributed by atoms with Crippen LogP contribution in [0.25, 0.3) is 10.9 Å². The van der Waals surface area contributed by atoms with E-state index in [0.29, 0.717) is 0 Å². The lowest BCUT2D eigenvalue weighted by molar-refractivity contribution is 0.0695. The van der Waals surface area contributed by atoms with Crippen molar-refractivity contribution in [1.29, 1.82) is 0 Å². The van der Waals surface area contributed by atoms with Crippen LogP contribution in [0.15, 0.2) is 41.3 Å². The lowest BCUT2D eigenvalue weighted by Crippen LogP contribution is -2.16. The number of aromatic carboxylic acids is 1. The zero-order valence-electron chi connectivity index (χ0n) is 12.1. The predicted molar refractivity (Wildman–Crippen MR) is 80.7 cm³/mol. The first-order chi connectivity index (χ1) is 11.4. The summed E-state index contributed by atoms with van der Waals surface area (Å²) in [6.45, 7) is 0. The van der Waals surface area contributed by atoms with E-state index in [4.69, 9.17) is 5.11 Å². The number of pyridine rings is 1. The molecule has 0 atom stereocenters. The van der Waals surface area contributed by atoms with Crippen molar-refractivity contribution in [3.63, 3.8) is 0 Å². The van der Waals surface area contributed by atoms with Gasteiger partial charge in [-0.1, -0.05) is 6.07 Å². The summed E-state index contributed by atoms with van der Waals surface area (Å²) >= 11 is 0. The summed E-state index contributed by atoms with van der Waals surface area (Å²) in [5, 5.41) is 8.77. The van der Waals surface area contributed by atoms with Gasteiger partial charge in [0.05, 0.1) is 5.52 Å². The number of carboxylic acids is 1. The van der Waals surface area contributed by atoms with Gasteiger partial charge in [0.15, 0.2) is 0 Å². The zero-order chi connectivity index (χ0) is 17.4. The second-order valence-corrected chi connectivity index (χ2v) is 5.21. The fraction of sp³-hybridized carbons (Fsp3) is 0.0588. The zero-order valence-corrected chi connectivity index (χ0v) is 12.1. The van der Waals surface area contributed by atoms with Crippen molar-refractivity contribution in [2.45, 2.75) is 6.42 Å². The van der Waals surface area contributed by atoms with Gasteiger partial charge < -0.3 is 10.1 Å². The lowest BCUT2D eigenvalue weighted by Gasteiger charge is -2.08. The summed E-state index contributed by atoms with van der Waals surface area (Å²) in [6.07, 6.45) is 0.633. The highest BCUT2D eigenvalue weighted by atomic mass is 19.1. The molecule has 0 saturated heterocycles. The largest absolute Gasteiger partial charge is 0.477 e. The van der Waals surface area contributed by atoms with E-state index in [1.165, 1.54) is 12.1 Å². The molecular weight excluding hydrogens is 323 g/mol. The number of carboxylic acid groups (broad SMARTS) is 1. The lowest BCUT2D eigenvalue weighted by atomic mass is 10.0. The number of rotatable bonds is 3. The number of fused-ring (bicyclic) bond motifs is 1. The number of aromatic nitrogens is 1. The summed E-state index contributed by atoms with van der Waals surface area (Å²) < 4.78 is 41.6. The van der Waals surface area contributed by atoms with Gasteiger partial charge in [-0.2, -0.15) is 0 Å². The first-order valence-electron chi connectivity index (χ1n) is 6.88. The van der Waals surface area contributed by atoms with Gasteiger partial charge in [-0.3, -0.25) is 4.79 Å². The number of nitrogens with one attached hydrogen (secondary N) is 1. The summed E-state index contributed by atoms with van der Waals surface area (Å²) in [5.74, 6) is -3.84. The molecule has 0 bridgehead atoms. The molecule has 0 radical (unpaired) electrons. The van der Waals surface area contributed by atoms with Gasteiger partial charge in [0, 0.05) is 23.6 Å². The fourth-order valence-electron chi connectivity index (χ4n) is 2.51. The van der Waals surface area contributed by atoms with E-state index in [1.54, 1.807) is 0 Å². The summed E-state index contributed by atoms with van der Waals surface area (Å²) in [5.41, 5.74) is -1.69. The molecule has 3 rings (SSSR count). The number of aromatic amines is 1. The maximum Gasteiger partial charge on any atom is 0.341 e. The molecule has 2 N–H and O–H groups in total. The van der Waals surface area contributed by atoms with Crippen LogP contribution >= 0.6 is 0 Å². The highest BCUT2D eigenvalue weighted by Crippen LogP contribution is 2.21. The van der Waals surface area contributed by atoms with Crippen molar-refractivity contribution in [2.75, 3.05) is 0 Å². The van der Waals surface area contributed by atoms with Crippen molar-refractivity contribution in [1.82, 2.24) is 4.98 Å². The Balaban J connectivity index is 2.18. The predicted octanol–water partition coefficient (Wildman–Crippen LogP) is 3.23. The van der Waals surface area contributed by atoms with Crippen molar-refractivity contribution >= 4 is 16.9 Å². The first-order valence-corrected chi connectivity index (χ1v) is 6.88. The smallest absolute Gasteiger partial charge is 0.341 e. The van der Waals surface area contributed by atoms with Crippen LogP contribution in [-0.4, -0.2) is 16.1 Å². The number of hydrogen-bond donors (Lipinski definition) is 2. The molecular formula is C17H10F3NO3. The molecule has 0 aliphatic heterocycles. The molecule has 24 heavy (non-hydrogen) atoms. The van der Waals surface area contributed by atoms with Crippen LogP contribution in [0, 0.1) is 17.5 Å². The van der Waals surface area contributed by atoms with Crippen molar-refractivity contribution in [3.8, 4) is 0 Å². The van der Waals surface area contributed by atoms with Gasteiger partial charge in [-0.15, -0.1) is 0 Å². The average Bonchev–Trinajstić information content (AvgIpc) is 2.52. The molecule has 4 nitrogen and oxygen atoms in total. The molecule has 1 aromatic heterocycles. The highest BCUT2D eigenvalue weighted by Gasteiger charge is 2.16. The van der Waals surface area contributed by atoms with E-state index in [1.807, 2.05) is 0 Å². The molecule has 0 aliphatic rings. The van der Waals surface area contributed by atoms with E-state index in [2.05, 4.69) is 4.98 Å². The van der Waals surface area contributed by atoms with E-state index < -0.39 is 34.4 Å². The molecule has 7 heteroatoms. The molecule has 2 aromatic carbocycles. The Hall–Kier alpha value is -3.09. The third kappa shape index (κ3) is 2.64. The second-order valence-electron chi connectivity index (χ2n) is 5.21. The Labute approximate surface area is 133 Å². The maximum atomic E-state index is 14.2. The third-order valence-corrected chi connectivity index (χ3v) is 3.67.